The van der Waals surface area contributed by atoms with Crippen LogP contribution in [0.3, 0.4) is 0 Å². The van der Waals surface area contributed by atoms with Crippen molar-refractivity contribution in [3.05, 3.63) is 113 Å². The highest BCUT2D eigenvalue weighted by Crippen LogP contribution is 2.33. The number of nitrogens with two attached hydrogens (primary N) is 1. The lowest BCUT2D eigenvalue weighted by Gasteiger charge is -2.34. The number of hydrogen-bond donors (Lipinski definition) is 1. The van der Waals surface area contributed by atoms with E-state index in [2.05, 4.69) is 4.57 Å². The molecule has 0 unspecified atom stereocenters. The summed E-state index contributed by atoms with van der Waals surface area (Å²) >= 11 is 0. The maximum atomic E-state index is 14.7. The molecule has 0 aliphatic carbocycles. The van der Waals surface area contributed by atoms with Crippen LogP contribution in [0.1, 0.15) is 53.6 Å². The van der Waals surface area contributed by atoms with Crippen molar-refractivity contribution < 1.29 is 13.6 Å². The molecule has 1 aromatic heterocycles. The molecule has 0 aliphatic heterocycles. The van der Waals surface area contributed by atoms with Gasteiger partial charge < -0.3 is 15.2 Å². The van der Waals surface area contributed by atoms with E-state index in [1.165, 1.54) is 6.07 Å². The van der Waals surface area contributed by atoms with Gasteiger partial charge in [-0.05, 0) is 43.5 Å². The van der Waals surface area contributed by atoms with Crippen LogP contribution in [0.25, 0.3) is 11.3 Å². The smallest absolute Gasteiger partial charge is 0.257 e. The molecule has 0 radical (unpaired) electrons. The Morgan fingerprint density at radius 3 is 2.37 bits per heavy atom. The van der Waals surface area contributed by atoms with E-state index in [0.29, 0.717) is 31.9 Å². The highest BCUT2D eigenvalue weighted by Gasteiger charge is 2.33. The van der Waals surface area contributed by atoms with Crippen molar-refractivity contribution in [2.45, 2.75) is 39.8 Å². The van der Waals surface area contributed by atoms with E-state index in [-0.39, 0.29) is 11.5 Å². The van der Waals surface area contributed by atoms with E-state index in [1.54, 1.807) is 4.90 Å². The first-order chi connectivity index (χ1) is 18.3. The lowest BCUT2D eigenvalue weighted by molar-refractivity contribution is 0.0599. The Morgan fingerprint density at radius 2 is 1.74 bits per heavy atom. The fourth-order valence-corrected chi connectivity index (χ4v) is 4.68. The molecule has 1 amide bonds. The van der Waals surface area contributed by atoms with Gasteiger partial charge in [0.1, 0.15) is 17.5 Å². The Morgan fingerprint density at radius 1 is 1.03 bits per heavy atom. The van der Waals surface area contributed by atoms with Crippen molar-refractivity contribution in [2.24, 2.45) is 11.7 Å². The maximum absolute atomic E-state index is 14.7. The lowest BCUT2D eigenvalue weighted by Crippen LogP contribution is -2.40. The summed E-state index contributed by atoms with van der Waals surface area (Å²) in [6.45, 7) is 7.30. The standard InChI is InChI=1S/C31H34F2N4O/c1-21(2)29(37(17-7-16-34)31(38)26-15-14-25(32)18-27(26)33)30-35-28(24-12-10-22(3)11-13-24)20-36(30)19-23-8-5-4-6-9-23/h4-6,8-15,18,20-21,29H,7,16-17,19,34H2,1-3H3/t29-/m1/s1. The summed E-state index contributed by atoms with van der Waals surface area (Å²) in [5, 5.41) is 0. The van der Waals surface area contributed by atoms with E-state index in [0.717, 1.165) is 34.5 Å². The van der Waals surface area contributed by atoms with Crippen molar-refractivity contribution >= 4 is 5.91 Å². The third-order valence-corrected chi connectivity index (χ3v) is 6.61. The number of nitrogens with zero attached hydrogens (tertiary/aromatic N) is 3. The molecule has 1 atom stereocenters. The normalized spacial score (nSPS) is 12.1. The SMILES string of the molecule is Cc1ccc(-c2cn(Cc3ccccc3)c([C@@H](C(C)C)N(CCCN)C(=O)c3ccc(F)cc3F)n2)cc1. The minimum atomic E-state index is -0.886. The molecular weight excluding hydrogens is 482 g/mol. The molecular formula is C31H34F2N4O. The number of aromatic nitrogens is 2. The van der Waals surface area contributed by atoms with Gasteiger partial charge in [0.05, 0.1) is 17.3 Å². The molecule has 4 rings (SSSR count). The number of benzene rings is 3. The first kappa shape index (κ1) is 27.2. The van der Waals surface area contributed by atoms with Gasteiger partial charge in [-0.25, -0.2) is 13.8 Å². The first-order valence-corrected chi connectivity index (χ1v) is 12.9. The summed E-state index contributed by atoms with van der Waals surface area (Å²) in [6, 6.07) is 20.8. The monoisotopic (exact) mass is 516 g/mol. The Bertz CT molecular complexity index is 1370. The molecule has 38 heavy (non-hydrogen) atoms. The summed E-state index contributed by atoms with van der Waals surface area (Å²) < 4.78 is 30.4. The van der Waals surface area contributed by atoms with E-state index in [4.69, 9.17) is 10.7 Å². The van der Waals surface area contributed by atoms with E-state index in [1.807, 2.05) is 81.6 Å². The van der Waals surface area contributed by atoms with Crippen molar-refractivity contribution in [1.82, 2.24) is 14.5 Å². The maximum Gasteiger partial charge on any atom is 0.257 e. The van der Waals surface area contributed by atoms with Crippen molar-refractivity contribution in [3.8, 4) is 11.3 Å². The number of halogens is 2. The van der Waals surface area contributed by atoms with Gasteiger partial charge in [0.15, 0.2) is 0 Å². The topological polar surface area (TPSA) is 64.2 Å². The quantitative estimate of drug-likeness (QED) is 0.266. The molecule has 0 saturated carbocycles. The highest BCUT2D eigenvalue weighted by atomic mass is 19.1. The fraction of sp³-hybridized carbons (Fsp3) is 0.290. The zero-order valence-electron chi connectivity index (χ0n) is 22.1. The molecule has 0 fully saturated rings. The van der Waals surface area contributed by atoms with E-state index >= 15 is 0 Å². The number of amides is 1. The number of hydrogen-bond acceptors (Lipinski definition) is 3. The summed E-state index contributed by atoms with van der Waals surface area (Å²) in [7, 11) is 0. The lowest BCUT2D eigenvalue weighted by atomic mass is 9.99. The van der Waals surface area contributed by atoms with Crippen LogP contribution in [0.2, 0.25) is 0 Å². The third-order valence-electron chi connectivity index (χ3n) is 6.61. The van der Waals surface area contributed by atoms with Crippen molar-refractivity contribution in [1.29, 1.82) is 0 Å². The molecule has 7 heteroatoms. The fourth-order valence-electron chi connectivity index (χ4n) is 4.68. The van der Waals surface area contributed by atoms with Gasteiger partial charge in [-0.3, -0.25) is 4.79 Å². The predicted octanol–water partition coefficient (Wildman–Crippen LogP) is 6.37. The molecule has 3 aromatic carbocycles. The second-order valence-corrected chi connectivity index (χ2v) is 9.92. The van der Waals surface area contributed by atoms with E-state index < -0.39 is 23.6 Å². The predicted molar refractivity (Wildman–Crippen MR) is 147 cm³/mol. The van der Waals surface area contributed by atoms with Crippen LogP contribution in [0.15, 0.2) is 79.0 Å². The molecule has 1 heterocycles. The van der Waals surface area contributed by atoms with Gasteiger partial charge in [-0.1, -0.05) is 74.0 Å². The Hall–Kier alpha value is -3.84. The Kier molecular flexibility index (Phi) is 8.69. The molecule has 4 aromatic rings. The molecule has 0 aliphatic rings. The first-order valence-electron chi connectivity index (χ1n) is 12.9. The number of rotatable bonds is 10. The molecule has 0 spiro atoms. The molecule has 0 bridgehead atoms. The van der Waals surface area contributed by atoms with Gasteiger partial charge in [-0.2, -0.15) is 0 Å². The van der Waals surface area contributed by atoms with Crippen LogP contribution < -0.4 is 5.73 Å². The highest BCUT2D eigenvalue weighted by molar-refractivity contribution is 5.94. The minimum Gasteiger partial charge on any atom is -0.330 e. The summed E-state index contributed by atoms with van der Waals surface area (Å²) in [5.41, 5.74) is 9.65. The number of imidazole rings is 1. The second kappa shape index (κ2) is 12.1. The largest absolute Gasteiger partial charge is 0.330 e. The average molecular weight is 517 g/mol. The zero-order valence-corrected chi connectivity index (χ0v) is 22.1. The van der Waals surface area contributed by atoms with Crippen molar-refractivity contribution in [2.75, 3.05) is 13.1 Å². The number of carbonyl (C=O) groups excluding carboxylic acids is 1. The minimum absolute atomic E-state index is 0.0528. The van der Waals surface area contributed by atoms with Crippen LogP contribution in [0.5, 0.6) is 0 Å². The van der Waals surface area contributed by atoms with Crippen LogP contribution in [0, 0.1) is 24.5 Å². The second-order valence-electron chi connectivity index (χ2n) is 9.92. The number of carbonyl (C=O) groups is 1. The summed E-state index contributed by atoms with van der Waals surface area (Å²) in [5.74, 6) is -1.48. The van der Waals surface area contributed by atoms with Gasteiger partial charge in [0.2, 0.25) is 0 Å². The molecule has 0 saturated heterocycles. The Balaban J connectivity index is 1.83. The summed E-state index contributed by atoms with van der Waals surface area (Å²) in [6.07, 6.45) is 2.54. The van der Waals surface area contributed by atoms with E-state index in [9.17, 15) is 13.6 Å². The molecule has 5 nitrogen and oxygen atoms in total. The summed E-state index contributed by atoms with van der Waals surface area (Å²) in [4.78, 5) is 20.5. The number of aryl methyl sites for hydroxylation is 1. The average Bonchev–Trinajstić information content (AvgIpc) is 3.29. The third kappa shape index (κ3) is 6.17. The van der Waals surface area contributed by atoms with Crippen LogP contribution in [-0.4, -0.2) is 33.4 Å². The van der Waals surface area contributed by atoms with Gasteiger partial charge in [0.25, 0.3) is 5.91 Å². The molecule has 198 valence electrons. The van der Waals surface area contributed by atoms with Gasteiger partial charge in [0, 0.05) is 30.9 Å². The van der Waals surface area contributed by atoms with Gasteiger partial charge >= 0.3 is 0 Å². The van der Waals surface area contributed by atoms with Crippen LogP contribution in [0.4, 0.5) is 8.78 Å². The zero-order chi connectivity index (χ0) is 27.2. The molecule has 2 N–H and O–H groups in total. The van der Waals surface area contributed by atoms with Gasteiger partial charge in [-0.15, -0.1) is 0 Å². The van der Waals surface area contributed by atoms with Crippen LogP contribution >= 0.6 is 0 Å². The van der Waals surface area contributed by atoms with Crippen molar-refractivity contribution in [3.63, 3.8) is 0 Å². The van der Waals surface area contributed by atoms with Crippen LogP contribution in [-0.2, 0) is 6.54 Å². The Labute approximate surface area is 222 Å².